The number of amides is 1. The fourth-order valence-corrected chi connectivity index (χ4v) is 5.48. The van der Waals surface area contributed by atoms with Gasteiger partial charge in [-0.25, -0.2) is 23.1 Å². The molecule has 1 amide bonds. The molecule has 2 atom stereocenters. The van der Waals surface area contributed by atoms with Crippen LogP contribution in [0.15, 0.2) is 30.7 Å². The number of fused-ring (bicyclic) bond motifs is 5. The molecule has 0 radical (unpaired) electrons. The Kier molecular flexibility index (Phi) is 4.55. The molecule has 2 bridgehead atoms. The Labute approximate surface area is 192 Å². The average molecular weight is 466 g/mol. The molecule has 10 heteroatoms. The first-order chi connectivity index (χ1) is 16.3. The molecule has 0 aliphatic carbocycles. The van der Waals surface area contributed by atoms with Crippen LogP contribution in [0.3, 0.4) is 0 Å². The van der Waals surface area contributed by atoms with Crippen molar-refractivity contribution in [2.45, 2.75) is 37.8 Å². The molecule has 6 rings (SSSR count). The molecule has 0 saturated carbocycles. The first-order valence-electron chi connectivity index (χ1n) is 11.1. The Bertz CT molecular complexity index is 1450. The monoisotopic (exact) mass is 466 g/mol. The Morgan fingerprint density at radius 3 is 2.59 bits per heavy atom. The lowest BCUT2D eigenvalue weighted by Gasteiger charge is -2.45. The van der Waals surface area contributed by atoms with E-state index in [1.165, 1.54) is 0 Å². The summed E-state index contributed by atoms with van der Waals surface area (Å²) in [7, 11) is 3.54. The third kappa shape index (κ3) is 2.97. The quantitative estimate of drug-likeness (QED) is 0.418. The number of aryl methyl sites for hydroxylation is 2. The Morgan fingerprint density at radius 2 is 1.82 bits per heavy atom. The van der Waals surface area contributed by atoms with E-state index in [0.717, 1.165) is 42.7 Å². The van der Waals surface area contributed by atoms with Gasteiger partial charge >= 0.3 is 0 Å². The van der Waals surface area contributed by atoms with Crippen molar-refractivity contribution in [3.05, 3.63) is 65.0 Å². The molecule has 7 nitrogen and oxygen atoms in total. The zero-order valence-corrected chi connectivity index (χ0v) is 18.6. The molecule has 0 spiro atoms. The molecular formula is C24H21F3N6O. The van der Waals surface area contributed by atoms with Gasteiger partial charge in [-0.1, -0.05) is 0 Å². The van der Waals surface area contributed by atoms with Gasteiger partial charge in [0.2, 0.25) is 0 Å². The molecular weight excluding hydrogens is 445 g/mol. The number of carbonyl (C=O) groups is 1. The number of benzene rings is 1. The third-order valence-electron chi connectivity index (χ3n) is 6.97. The van der Waals surface area contributed by atoms with Gasteiger partial charge in [-0.15, -0.1) is 0 Å². The van der Waals surface area contributed by atoms with Crippen molar-refractivity contribution in [1.29, 1.82) is 0 Å². The summed E-state index contributed by atoms with van der Waals surface area (Å²) in [4.78, 5) is 24.2. The van der Waals surface area contributed by atoms with Crippen LogP contribution in [0, 0.1) is 17.5 Å². The molecule has 0 N–H and O–H groups in total. The van der Waals surface area contributed by atoms with E-state index in [4.69, 9.17) is 0 Å². The zero-order chi connectivity index (χ0) is 23.7. The van der Waals surface area contributed by atoms with Crippen LogP contribution in [0.5, 0.6) is 0 Å². The van der Waals surface area contributed by atoms with Crippen molar-refractivity contribution >= 4 is 17.1 Å². The van der Waals surface area contributed by atoms with Gasteiger partial charge in [0.15, 0.2) is 23.1 Å². The lowest BCUT2D eigenvalue weighted by Crippen LogP contribution is -2.49. The lowest BCUT2D eigenvalue weighted by atomic mass is 9.81. The van der Waals surface area contributed by atoms with Gasteiger partial charge in [-0.05, 0) is 43.9 Å². The number of aromatic nitrogens is 5. The van der Waals surface area contributed by atoms with E-state index in [0.29, 0.717) is 28.8 Å². The summed E-state index contributed by atoms with van der Waals surface area (Å²) in [6.45, 7) is 0. The first-order valence-corrected chi connectivity index (χ1v) is 11.1. The average Bonchev–Trinajstić information content (AvgIpc) is 3.35. The molecule has 174 valence electrons. The van der Waals surface area contributed by atoms with E-state index < -0.39 is 17.5 Å². The second-order valence-corrected chi connectivity index (χ2v) is 9.03. The molecule has 2 aliphatic rings. The summed E-state index contributed by atoms with van der Waals surface area (Å²) >= 11 is 0. The number of imidazole rings is 1. The first kappa shape index (κ1) is 20.9. The summed E-state index contributed by atoms with van der Waals surface area (Å²) in [5, 5.41) is 4.66. The number of hydrogen-bond donors (Lipinski definition) is 0. The topological polar surface area (TPSA) is 68.8 Å². The van der Waals surface area contributed by atoms with Gasteiger partial charge in [-0.2, -0.15) is 5.10 Å². The van der Waals surface area contributed by atoms with Crippen molar-refractivity contribution in [2.75, 3.05) is 0 Å². The summed E-state index contributed by atoms with van der Waals surface area (Å²) < 4.78 is 44.9. The van der Waals surface area contributed by atoms with Gasteiger partial charge in [0, 0.05) is 37.5 Å². The van der Waals surface area contributed by atoms with Crippen LogP contribution in [0.4, 0.5) is 13.2 Å². The fourth-order valence-electron chi connectivity index (χ4n) is 5.48. The van der Waals surface area contributed by atoms with E-state index in [-0.39, 0.29) is 23.6 Å². The highest BCUT2D eigenvalue weighted by Gasteiger charge is 2.43. The van der Waals surface area contributed by atoms with Gasteiger partial charge < -0.3 is 9.47 Å². The highest BCUT2D eigenvalue weighted by atomic mass is 19.2. The van der Waals surface area contributed by atoms with E-state index in [1.54, 1.807) is 34.9 Å². The Hall–Kier alpha value is -3.69. The van der Waals surface area contributed by atoms with Gasteiger partial charge in [-0.3, -0.25) is 9.48 Å². The Morgan fingerprint density at radius 1 is 1.06 bits per heavy atom. The maximum absolute atomic E-state index is 14.0. The van der Waals surface area contributed by atoms with Crippen molar-refractivity contribution in [1.82, 2.24) is 29.2 Å². The normalized spacial score (nSPS) is 19.5. The number of carbonyl (C=O) groups excluding carboxylic acids is 1. The number of rotatable bonds is 2. The number of hydrogen-bond acceptors (Lipinski definition) is 4. The minimum absolute atomic E-state index is 0.0868. The van der Waals surface area contributed by atoms with Crippen LogP contribution in [-0.4, -0.2) is 41.2 Å². The molecule has 34 heavy (non-hydrogen) atoms. The van der Waals surface area contributed by atoms with Crippen molar-refractivity contribution in [3.63, 3.8) is 0 Å². The summed E-state index contributed by atoms with van der Waals surface area (Å²) in [5.41, 5.74) is 4.17. The molecule has 1 fully saturated rings. The van der Waals surface area contributed by atoms with Crippen LogP contribution < -0.4 is 0 Å². The minimum Gasteiger partial charge on any atom is -0.327 e. The van der Waals surface area contributed by atoms with Gasteiger partial charge in [0.25, 0.3) is 5.91 Å². The predicted molar refractivity (Wildman–Crippen MR) is 117 cm³/mol. The molecule has 1 saturated heterocycles. The van der Waals surface area contributed by atoms with Crippen LogP contribution in [0.2, 0.25) is 0 Å². The smallest absolute Gasteiger partial charge is 0.256 e. The molecule has 1 aromatic carbocycles. The predicted octanol–water partition coefficient (Wildman–Crippen LogP) is 4.08. The van der Waals surface area contributed by atoms with Crippen molar-refractivity contribution in [3.8, 4) is 11.3 Å². The van der Waals surface area contributed by atoms with E-state index in [9.17, 15) is 18.0 Å². The third-order valence-corrected chi connectivity index (χ3v) is 6.97. The fraction of sp³-hybridized carbons (Fsp3) is 0.333. The number of halogens is 3. The molecule has 4 aromatic rings. The van der Waals surface area contributed by atoms with Crippen LogP contribution in [0.25, 0.3) is 22.4 Å². The lowest BCUT2D eigenvalue weighted by molar-refractivity contribution is 0.0391. The van der Waals surface area contributed by atoms with E-state index in [2.05, 4.69) is 15.1 Å². The largest absolute Gasteiger partial charge is 0.327 e. The molecule has 0 unspecified atom stereocenters. The number of pyridine rings is 1. The van der Waals surface area contributed by atoms with E-state index >= 15 is 0 Å². The van der Waals surface area contributed by atoms with Crippen molar-refractivity contribution in [2.24, 2.45) is 14.1 Å². The highest BCUT2D eigenvalue weighted by Crippen LogP contribution is 2.45. The molecule has 3 aromatic heterocycles. The summed E-state index contributed by atoms with van der Waals surface area (Å²) in [6.07, 6.45) is 6.22. The summed E-state index contributed by atoms with van der Waals surface area (Å²) in [5.74, 6) is -4.11. The van der Waals surface area contributed by atoms with Crippen LogP contribution >= 0.6 is 0 Å². The maximum Gasteiger partial charge on any atom is 0.256 e. The SMILES string of the molecule is Cn1nc2c(c1-c1cc(F)c(F)c(F)c1)C[C@H]1CCC[C@@H]2N1C(=O)c1cnc2c(c1)ncn2C. The highest BCUT2D eigenvalue weighted by molar-refractivity contribution is 5.97. The number of piperidine rings is 1. The second kappa shape index (κ2) is 7.41. The molecule has 2 aliphatic heterocycles. The summed E-state index contributed by atoms with van der Waals surface area (Å²) in [6, 6.07) is 3.40. The minimum atomic E-state index is -1.49. The van der Waals surface area contributed by atoms with E-state index in [1.807, 2.05) is 11.9 Å². The zero-order valence-electron chi connectivity index (χ0n) is 18.6. The molecule has 5 heterocycles. The maximum atomic E-state index is 14.0. The van der Waals surface area contributed by atoms with Gasteiger partial charge in [0.05, 0.1) is 29.3 Å². The van der Waals surface area contributed by atoms with Crippen LogP contribution in [0.1, 0.15) is 46.9 Å². The van der Waals surface area contributed by atoms with Crippen molar-refractivity contribution < 1.29 is 18.0 Å². The standard InChI is InChI=1S/C24H21F3N6O/c1-31-11-29-18-8-13(10-28-23(18)31)24(34)33-14-4-3-5-19(33)21-15(9-14)22(32(2)30-21)12-6-16(25)20(27)17(26)7-12/h6-8,10-11,14,19H,3-5,9H2,1-2H3/t14-,19+/m1/s1. The second-order valence-electron chi connectivity index (χ2n) is 9.03. The van der Waals surface area contributed by atoms with Crippen LogP contribution in [-0.2, 0) is 20.5 Å². The number of nitrogens with zero attached hydrogens (tertiary/aromatic N) is 6. The Balaban J connectivity index is 1.42. The van der Waals surface area contributed by atoms with Gasteiger partial charge in [0.1, 0.15) is 5.52 Å².